The standard InChI is InChI=1S/C28H25N5O2S/c1-19-7-10-23(11-8-19)31-27-18-28(30-20(2)29-27)32-24-12-14-25(15-13-24)33-36(34,35)26-16-9-21-5-3-4-6-22(21)17-26/h3-18,33H,1-2H3,(H2,29,30,31,32). The molecule has 0 aliphatic rings. The van der Waals surface area contributed by atoms with Crippen molar-refractivity contribution in [1.29, 1.82) is 0 Å². The van der Waals surface area contributed by atoms with Crippen LogP contribution in [-0.4, -0.2) is 18.4 Å². The van der Waals surface area contributed by atoms with Crippen LogP contribution in [0.5, 0.6) is 0 Å². The lowest BCUT2D eigenvalue weighted by atomic mass is 10.1. The smallest absolute Gasteiger partial charge is 0.261 e. The van der Waals surface area contributed by atoms with E-state index >= 15 is 0 Å². The maximum absolute atomic E-state index is 12.9. The molecule has 3 N–H and O–H groups in total. The molecule has 0 unspecified atom stereocenters. The third-order valence-electron chi connectivity index (χ3n) is 5.60. The highest BCUT2D eigenvalue weighted by Crippen LogP contribution is 2.24. The van der Waals surface area contributed by atoms with Crippen molar-refractivity contribution in [2.24, 2.45) is 0 Å². The summed E-state index contributed by atoms with van der Waals surface area (Å²) < 4.78 is 28.5. The minimum Gasteiger partial charge on any atom is -0.340 e. The van der Waals surface area contributed by atoms with Crippen molar-refractivity contribution >= 4 is 49.5 Å². The van der Waals surface area contributed by atoms with Crippen LogP contribution in [0, 0.1) is 13.8 Å². The summed E-state index contributed by atoms with van der Waals surface area (Å²) >= 11 is 0. The summed E-state index contributed by atoms with van der Waals surface area (Å²) in [5, 5.41) is 8.41. The average molecular weight is 496 g/mol. The monoisotopic (exact) mass is 495 g/mol. The molecule has 0 radical (unpaired) electrons. The van der Waals surface area contributed by atoms with Crippen LogP contribution in [0.25, 0.3) is 10.8 Å². The Morgan fingerprint density at radius 2 is 1.17 bits per heavy atom. The molecular formula is C28H25N5O2S. The highest BCUT2D eigenvalue weighted by molar-refractivity contribution is 7.92. The second kappa shape index (κ2) is 9.67. The summed E-state index contributed by atoms with van der Waals surface area (Å²) in [5.41, 5.74) is 3.36. The molecule has 0 spiro atoms. The van der Waals surface area contributed by atoms with E-state index in [-0.39, 0.29) is 4.90 Å². The molecular weight excluding hydrogens is 470 g/mol. The molecule has 0 saturated heterocycles. The van der Waals surface area contributed by atoms with Crippen LogP contribution in [0.3, 0.4) is 0 Å². The van der Waals surface area contributed by atoms with Crippen LogP contribution in [0.1, 0.15) is 11.4 Å². The van der Waals surface area contributed by atoms with E-state index in [1.165, 1.54) is 5.56 Å². The Hall–Kier alpha value is -4.43. The minimum absolute atomic E-state index is 0.216. The Labute approximate surface area is 210 Å². The number of rotatable bonds is 7. The number of nitrogens with one attached hydrogen (secondary N) is 3. The largest absolute Gasteiger partial charge is 0.340 e. The number of nitrogens with zero attached hydrogens (tertiary/aromatic N) is 2. The molecule has 8 heteroatoms. The van der Waals surface area contributed by atoms with E-state index in [0.29, 0.717) is 23.1 Å². The highest BCUT2D eigenvalue weighted by atomic mass is 32.2. The van der Waals surface area contributed by atoms with Gasteiger partial charge in [0, 0.05) is 23.1 Å². The highest BCUT2D eigenvalue weighted by Gasteiger charge is 2.15. The number of aryl methyl sites for hydroxylation is 2. The van der Waals surface area contributed by atoms with Crippen LogP contribution in [0.4, 0.5) is 28.7 Å². The van der Waals surface area contributed by atoms with E-state index in [0.717, 1.165) is 22.1 Å². The third-order valence-corrected chi connectivity index (χ3v) is 6.98. The number of anilines is 5. The van der Waals surface area contributed by atoms with Gasteiger partial charge in [-0.3, -0.25) is 4.72 Å². The fraction of sp³-hybridized carbons (Fsp3) is 0.0714. The van der Waals surface area contributed by atoms with Gasteiger partial charge in [0.25, 0.3) is 10.0 Å². The molecule has 0 bridgehead atoms. The van der Waals surface area contributed by atoms with Crippen LogP contribution >= 0.6 is 0 Å². The van der Waals surface area contributed by atoms with Gasteiger partial charge in [0.05, 0.1) is 4.90 Å². The van der Waals surface area contributed by atoms with Gasteiger partial charge in [-0.1, -0.05) is 48.0 Å². The van der Waals surface area contributed by atoms with Crippen LogP contribution in [0.2, 0.25) is 0 Å². The van der Waals surface area contributed by atoms with E-state index in [9.17, 15) is 8.42 Å². The molecule has 1 heterocycles. The van der Waals surface area contributed by atoms with Crippen molar-refractivity contribution in [3.63, 3.8) is 0 Å². The molecule has 0 fully saturated rings. The second-order valence-corrected chi connectivity index (χ2v) is 10.2. The Balaban J connectivity index is 1.29. The second-order valence-electron chi connectivity index (χ2n) is 8.49. The van der Waals surface area contributed by atoms with E-state index in [1.807, 2.05) is 74.5 Å². The average Bonchev–Trinajstić information content (AvgIpc) is 2.86. The van der Waals surface area contributed by atoms with Gasteiger partial charge in [-0.05, 0) is 73.2 Å². The molecule has 4 aromatic carbocycles. The van der Waals surface area contributed by atoms with E-state index in [1.54, 1.807) is 36.4 Å². The number of hydrogen-bond acceptors (Lipinski definition) is 6. The first-order valence-corrected chi connectivity index (χ1v) is 12.9. The van der Waals surface area contributed by atoms with Crippen LogP contribution < -0.4 is 15.4 Å². The predicted octanol–water partition coefficient (Wildman–Crippen LogP) is 6.53. The van der Waals surface area contributed by atoms with Crippen molar-refractivity contribution in [2.75, 3.05) is 15.4 Å². The van der Waals surface area contributed by atoms with Gasteiger partial charge in [0.2, 0.25) is 0 Å². The summed E-state index contributed by atoms with van der Waals surface area (Å²) in [7, 11) is -3.72. The molecule has 0 atom stereocenters. The molecule has 36 heavy (non-hydrogen) atoms. The van der Waals surface area contributed by atoms with E-state index in [4.69, 9.17) is 0 Å². The number of sulfonamides is 1. The van der Waals surface area contributed by atoms with Gasteiger partial charge >= 0.3 is 0 Å². The van der Waals surface area contributed by atoms with Crippen LogP contribution in [0.15, 0.2) is 102 Å². The van der Waals surface area contributed by atoms with Gasteiger partial charge in [0.1, 0.15) is 17.5 Å². The fourth-order valence-corrected chi connectivity index (χ4v) is 4.89. The van der Waals surface area contributed by atoms with Gasteiger partial charge < -0.3 is 10.6 Å². The van der Waals surface area contributed by atoms with Crippen molar-refractivity contribution in [2.45, 2.75) is 18.7 Å². The Morgan fingerprint density at radius 3 is 1.81 bits per heavy atom. The maximum Gasteiger partial charge on any atom is 0.261 e. The quantitative estimate of drug-likeness (QED) is 0.237. The number of aromatic nitrogens is 2. The van der Waals surface area contributed by atoms with Crippen molar-refractivity contribution < 1.29 is 8.42 Å². The predicted molar refractivity (Wildman–Crippen MR) is 146 cm³/mol. The molecule has 180 valence electrons. The summed E-state index contributed by atoms with van der Waals surface area (Å²) in [4.78, 5) is 9.13. The Kier molecular flexibility index (Phi) is 6.26. The summed E-state index contributed by atoms with van der Waals surface area (Å²) in [6.07, 6.45) is 0. The van der Waals surface area contributed by atoms with Crippen molar-refractivity contribution in [3.05, 3.63) is 108 Å². The lowest BCUT2D eigenvalue weighted by molar-refractivity contribution is 0.601. The Bertz CT molecular complexity index is 1630. The molecule has 5 rings (SSSR count). The van der Waals surface area contributed by atoms with Crippen LogP contribution in [-0.2, 0) is 10.0 Å². The van der Waals surface area contributed by atoms with E-state index < -0.39 is 10.0 Å². The van der Waals surface area contributed by atoms with Gasteiger partial charge in [-0.15, -0.1) is 0 Å². The summed E-state index contributed by atoms with van der Waals surface area (Å²) in [6.45, 7) is 3.87. The first-order valence-electron chi connectivity index (χ1n) is 11.4. The van der Waals surface area contributed by atoms with E-state index in [2.05, 4.69) is 25.3 Å². The summed E-state index contributed by atoms with van der Waals surface area (Å²) in [5.74, 6) is 1.92. The Morgan fingerprint density at radius 1 is 0.611 bits per heavy atom. The topological polar surface area (TPSA) is 96.0 Å². The third kappa shape index (κ3) is 5.45. The molecule has 5 aromatic rings. The zero-order valence-corrected chi connectivity index (χ0v) is 20.7. The van der Waals surface area contributed by atoms with Crippen molar-refractivity contribution in [3.8, 4) is 0 Å². The molecule has 7 nitrogen and oxygen atoms in total. The van der Waals surface area contributed by atoms with Gasteiger partial charge in [0.15, 0.2) is 0 Å². The lowest BCUT2D eigenvalue weighted by Crippen LogP contribution is -2.12. The normalized spacial score (nSPS) is 11.3. The molecule has 0 aliphatic carbocycles. The molecule has 1 aromatic heterocycles. The molecule has 0 amide bonds. The van der Waals surface area contributed by atoms with Gasteiger partial charge in [-0.2, -0.15) is 0 Å². The van der Waals surface area contributed by atoms with Gasteiger partial charge in [-0.25, -0.2) is 18.4 Å². The fourth-order valence-electron chi connectivity index (χ4n) is 3.80. The minimum atomic E-state index is -3.72. The molecule has 0 aliphatic heterocycles. The van der Waals surface area contributed by atoms with Crippen molar-refractivity contribution in [1.82, 2.24) is 9.97 Å². The molecule has 0 saturated carbocycles. The first-order chi connectivity index (χ1) is 17.3. The number of benzene rings is 4. The number of hydrogen-bond donors (Lipinski definition) is 3. The maximum atomic E-state index is 12.9. The first kappa shape index (κ1) is 23.3. The number of fused-ring (bicyclic) bond motifs is 1. The zero-order valence-electron chi connectivity index (χ0n) is 19.9. The summed E-state index contributed by atoms with van der Waals surface area (Å²) in [6, 6.07) is 29.6. The zero-order chi connectivity index (χ0) is 25.1. The SMILES string of the molecule is Cc1ccc(Nc2cc(Nc3ccc(NS(=O)(=O)c4ccc5ccccc5c4)cc3)nc(C)n2)cc1. The lowest BCUT2D eigenvalue weighted by Gasteiger charge is -2.12.